The minimum Gasteiger partial charge on any atom is -0.208 e. The summed E-state index contributed by atoms with van der Waals surface area (Å²) in [6.07, 6.45) is 0.988. The van der Waals surface area contributed by atoms with E-state index in [-0.39, 0.29) is 0 Å². The topological polar surface area (TPSA) is 25.8 Å². The highest BCUT2D eigenvalue weighted by atomic mass is 35.5. The summed E-state index contributed by atoms with van der Waals surface area (Å²) in [6.45, 7) is 0. The van der Waals surface area contributed by atoms with Crippen LogP contribution in [0.4, 0.5) is 0 Å². The Morgan fingerprint density at radius 1 is 1.24 bits per heavy atom. The molecule has 0 N–H and O–H groups in total. The lowest BCUT2D eigenvalue weighted by Crippen LogP contribution is -1.82. The summed E-state index contributed by atoms with van der Waals surface area (Å²) in [5.74, 6) is 2.44. The van der Waals surface area contributed by atoms with Gasteiger partial charge in [-0.3, -0.25) is 0 Å². The average molecular weight is 305 g/mol. The lowest BCUT2D eigenvalue weighted by atomic mass is 10.2. The summed E-state index contributed by atoms with van der Waals surface area (Å²) in [6, 6.07) is 7.55. The van der Waals surface area contributed by atoms with Gasteiger partial charge in [0.25, 0.3) is 0 Å². The predicted octanol–water partition coefficient (Wildman–Crippen LogP) is 4.58. The van der Waals surface area contributed by atoms with Crippen molar-refractivity contribution >= 4 is 46.5 Å². The highest BCUT2D eigenvalue weighted by molar-refractivity contribution is 8.00. The highest BCUT2D eigenvalue weighted by Crippen LogP contribution is 2.26. The monoisotopic (exact) mass is 304 g/mol. The molecule has 90 valence electrons. The third kappa shape index (κ3) is 3.85. The molecule has 2 aromatic rings. The van der Waals surface area contributed by atoms with E-state index in [2.05, 4.69) is 9.36 Å². The molecule has 0 aliphatic rings. The molecule has 0 amide bonds. The Balaban J connectivity index is 2.04. The van der Waals surface area contributed by atoms with E-state index in [0.717, 1.165) is 32.9 Å². The van der Waals surface area contributed by atoms with E-state index in [9.17, 15) is 0 Å². The summed E-state index contributed by atoms with van der Waals surface area (Å²) in [5.41, 5.74) is 0.995. The zero-order valence-corrected chi connectivity index (χ0v) is 12.0. The van der Waals surface area contributed by atoms with E-state index < -0.39 is 0 Å². The molecule has 1 aromatic carbocycles. The lowest BCUT2D eigenvalue weighted by molar-refractivity contribution is 1.11. The Labute approximate surface area is 119 Å². The number of halogens is 2. The standard InChI is InChI=1S/C11H10Cl2N2S2/c12-6-1-7-16-11-14-10(15-17-11)8-2-4-9(13)5-3-8/h2-5H,1,6-7H2. The lowest BCUT2D eigenvalue weighted by Gasteiger charge is -1.95. The zero-order valence-electron chi connectivity index (χ0n) is 8.90. The number of rotatable bonds is 5. The minimum absolute atomic E-state index is 0.690. The van der Waals surface area contributed by atoms with Gasteiger partial charge < -0.3 is 0 Å². The second-order valence-electron chi connectivity index (χ2n) is 3.28. The Morgan fingerprint density at radius 2 is 2.00 bits per heavy atom. The molecule has 1 heterocycles. The Morgan fingerprint density at radius 3 is 2.71 bits per heavy atom. The Hall–Kier alpha value is -0.290. The molecular weight excluding hydrogens is 295 g/mol. The van der Waals surface area contributed by atoms with Gasteiger partial charge in [-0.05, 0) is 42.2 Å². The summed E-state index contributed by atoms with van der Waals surface area (Å²) < 4.78 is 5.31. The van der Waals surface area contributed by atoms with E-state index in [4.69, 9.17) is 23.2 Å². The van der Waals surface area contributed by atoms with Crippen LogP contribution in [0.3, 0.4) is 0 Å². The maximum Gasteiger partial charge on any atom is 0.174 e. The van der Waals surface area contributed by atoms with Crippen molar-refractivity contribution in [3.05, 3.63) is 29.3 Å². The molecule has 2 rings (SSSR count). The Bertz CT molecular complexity index is 471. The molecule has 1 aromatic heterocycles. The van der Waals surface area contributed by atoms with Gasteiger partial charge in [0.2, 0.25) is 0 Å². The fourth-order valence-corrected chi connectivity index (χ4v) is 3.24. The average Bonchev–Trinajstić information content (AvgIpc) is 2.79. The van der Waals surface area contributed by atoms with Crippen LogP contribution in [0.1, 0.15) is 6.42 Å². The molecule has 0 bridgehead atoms. The molecule has 2 nitrogen and oxygen atoms in total. The van der Waals surface area contributed by atoms with Crippen LogP contribution < -0.4 is 0 Å². The van der Waals surface area contributed by atoms with Gasteiger partial charge in [-0.15, -0.1) is 11.6 Å². The van der Waals surface area contributed by atoms with Crippen molar-refractivity contribution in [1.82, 2.24) is 9.36 Å². The number of nitrogens with zero attached hydrogens (tertiary/aromatic N) is 2. The van der Waals surface area contributed by atoms with Crippen LogP contribution in [0.15, 0.2) is 28.6 Å². The largest absolute Gasteiger partial charge is 0.208 e. The van der Waals surface area contributed by atoms with Crippen molar-refractivity contribution in [1.29, 1.82) is 0 Å². The zero-order chi connectivity index (χ0) is 12.1. The first-order chi connectivity index (χ1) is 8.29. The predicted molar refractivity (Wildman–Crippen MR) is 76.4 cm³/mol. The van der Waals surface area contributed by atoms with Crippen molar-refractivity contribution in [3.8, 4) is 11.4 Å². The van der Waals surface area contributed by atoms with Crippen LogP contribution in [0, 0.1) is 0 Å². The van der Waals surface area contributed by atoms with Crippen LogP contribution >= 0.6 is 46.5 Å². The molecular formula is C11H10Cl2N2S2. The number of hydrogen-bond acceptors (Lipinski definition) is 4. The first-order valence-corrected chi connectivity index (χ1v) is 7.75. The normalized spacial score (nSPS) is 10.7. The maximum absolute atomic E-state index is 5.83. The van der Waals surface area contributed by atoms with E-state index in [1.807, 2.05) is 24.3 Å². The third-order valence-electron chi connectivity index (χ3n) is 2.01. The van der Waals surface area contributed by atoms with Gasteiger partial charge in [0.05, 0.1) is 0 Å². The van der Waals surface area contributed by atoms with E-state index in [1.54, 1.807) is 11.8 Å². The quantitative estimate of drug-likeness (QED) is 0.459. The van der Waals surface area contributed by atoms with Gasteiger partial charge in [-0.2, -0.15) is 4.37 Å². The van der Waals surface area contributed by atoms with Crippen molar-refractivity contribution < 1.29 is 0 Å². The van der Waals surface area contributed by atoms with Crippen LogP contribution in [0.2, 0.25) is 5.02 Å². The number of alkyl halides is 1. The van der Waals surface area contributed by atoms with Crippen LogP contribution in [0.25, 0.3) is 11.4 Å². The highest BCUT2D eigenvalue weighted by Gasteiger charge is 2.06. The van der Waals surface area contributed by atoms with Crippen molar-refractivity contribution in [2.45, 2.75) is 10.8 Å². The third-order valence-corrected chi connectivity index (χ3v) is 4.45. The molecule has 0 aliphatic carbocycles. The smallest absolute Gasteiger partial charge is 0.174 e. The molecule has 0 saturated carbocycles. The van der Waals surface area contributed by atoms with Gasteiger partial charge in [0, 0.05) is 22.2 Å². The van der Waals surface area contributed by atoms with Crippen LogP contribution in [-0.4, -0.2) is 21.0 Å². The van der Waals surface area contributed by atoms with Gasteiger partial charge in [0.15, 0.2) is 10.2 Å². The molecule has 0 unspecified atom stereocenters. The van der Waals surface area contributed by atoms with E-state index in [0.29, 0.717) is 5.88 Å². The number of benzene rings is 1. The molecule has 17 heavy (non-hydrogen) atoms. The van der Waals surface area contributed by atoms with Gasteiger partial charge in [-0.1, -0.05) is 23.4 Å². The van der Waals surface area contributed by atoms with Crippen LogP contribution in [-0.2, 0) is 0 Å². The van der Waals surface area contributed by atoms with Crippen LogP contribution in [0.5, 0.6) is 0 Å². The number of hydrogen-bond donors (Lipinski definition) is 0. The second kappa shape index (κ2) is 6.59. The Kier molecular flexibility index (Phi) is 5.10. The second-order valence-corrected chi connectivity index (χ2v) is 6.19. The fraction of sp³-hybridized carbons (Fsp3) is 0.273. The SMILES string of the molecule is ClCCCSc1nc(-c2ccc(Cl)cc2)ns1. The molecule has 6 heteroatoms. The number of aromatic nitrogens is 2. The molecule has 0 atom stereocenters. The minimum atomic E-state index is 0.690. The van der Waals surface area contributed by atoms with Gasteiger partial charge in [-0.25, -0.2) is 4.98 Å². The van der Waals surface area contributed by atoms with Gasteiger partial charge in [0.1, 0.15) is 0 Å². The van der Waals surface area contributed by atoms with E-state index in [1.165, 1.54) is 11.5 Å². The van der Waals surface area contributed by atoms with Gasteiger partial charge >= 0.3 is 0 Å². The first kappa shape index (κ1) is 13.1. The fourth-order valence-electron chi connectivity index (χ4n) is 1.20. The van der Waals surface area contributed by atoms with Crippen molar-refractivity contribution in [3.63, 3.8) is 0 Å². The summed E-state index contributed by atoms with van der Waals surface area (Å²) in [4.78, 5) is 4.47. The first-order valence-electron chi connectivity index (χ1n) is 5.08. The molecule has 0 radical (unpaired) electrons. The molecule has 0 aliphatic heterocycles. The summed E-state index contributed by atoms with van der Waals surface area (Å²) >= 11 is 14.6. The van der Waals surface area contributed by atoms with E-state index >= 15 is 0 Å². The van der Waals surface area contributed by atoms with Crippen molar-refractivity contribution in [2.24, 2.45) is 0 Å². The van der Waals surface area contributed by atoms with Crippen molar-refractivity contribution in [2.75, 3.05) is 11.6 Å². The molecule has 0 fully saturated rings. The number of thioether (sulfide) groups is 1. The summed E-state index contributed by atoms with van der Waals surface area (Å²) in [7, 11) is 0. The maximum atomic E-state index is 5.83. The summed E-state index contributed by atoms with van der Waals surface area (Å²) in [5, 5.41) is 0.723. The molecule has 0 spiro atoms. The molecule has 0 saturated heterocycles.